The molecule has 2 unspecified atom stereocenters. The summed E-state index contributed by atoms with van der Waals surface area (Å²) in [5, 5.41) is 3.40. The lowest BCUT2D eigenvalue weighted by atomic mass is 10.2. The Bertz CT molecular complexity index is 186. The van der Waals surface area contributed by atoms with E-state index >= 15 is 0 Å². The third kappa shape index (κ3) is 3.70. The van der Waals surface area contributed by atoms with Gasteiger partial charge < -0.3 is 15.2 Å². The first kappa shape index (κ1) is 11.3. The highest BCUT2D eigenvalue weighted by molar-refractivity contribution is 4.68. The van der Waals surface area contributed by atoms with Crippen molar-refractivity contribution in [3.05, 3.63) is 0 Å². The lowest BCUT2D eigenvalue weighted by Gasteiger charge is -2.33. The molecular formula is C10H21N3O2. The smallest absolute Gasteiger partial charge is 0.118 e. The number of hydrogen-bond donors (Lipinski definition) is 2. The topological polar surface area (TPSA) is 59.8 Å². The van der Waals surface area contributed by atoms with Crippen LogP contribution in [0.15, 0.2) is 0 Å². The molecule has 15 heavy (non-hydrogen) atoms. The predicted molar refractivity (Wildman–Crippen MR) is 57.1 cm³/mol. The Kier molecular flexibility index (Phi) is 4.34. The zero-order valence-corrected chi connectivity index (χ0v) is 9.15. The molecule has 0 amide bonds. The Morgan fingerprint density at radius 2 is 2.20 bits per heavy atom. The van der Waals surface area contributed by atoms with Crippen LogP contribution in [0.2, 0.25) is 0 Å². The maximum atomic E-state index is 5.71. The van der Waals surface area contributed by atoms with Crippen molar-refractivity contribution in [3.63, 3.8) is 0 Å². The first-order valence-electron chi connectivity index (χ1n) is 5.79. The van der Waals surface area contributed by atoms with Crippen LogP contribution in [0, 0.1) is 0 Å². The largest absolute Gasteiger partial charge is 0.363 e. The molecule has 0 saturated carbocycles. The van der Waals surface area contributed by atoms with Crippen LogP contribution in [0.5, 0.6) is 0 Å². The minimum Gasteiger partial charge on any atom is -0.363 e. The maximum absolute atomic E-state index is 5.71. The molecule has 5 heteroatoms. The van der Waals surface area contributed by atoms with E-state index in [0.717, 1.165) is 39.4 Å². The van der Waals surface area contributed by atoms with E-state index in [1.807, 2.05) is 0 Å². The molecule has 0 aromatic heterocycles. The van der Waals surface area contributed by atoms with Gasteiger partial charge in [-0.05, 0) is 19.3 Å². The number of morpholine rings is 1. The fourth-order valence-electron chi connectivity index (χ4n) is 2.01. The fourth-order valence-corrected chi connectivity index (χ4v) is 2.01. The van der Waals surface area contributed by atoms with Gasteiger partial charge in [0, 0.05) is 19.7 Å². The Morgan fingerprint density at radius 3 is 2.93 bits per heavy atom. The van der Waals surface area contributed by atoms with E-state index < -0.39 is 0 Å². The van der Waals surface area contributed by atoms with Crippen molar-refractivity contribution in [2.45, 2.75) is 31.7 Å². The van der Waals surface area contributed by atoms with Crippen LogP contribution in [-0.2, 0) is 9.47 Å². The van der Waals surface area contributed by atoms with Crippen molar-refractivity contribution in [2.24, 2.45) is 5.73 Å². The normalized spacial score (nSPS) is 34.2. The number of ether oxygens (including phenoxy) is 2. The quantitative estimate of drug-likeness (QED) is 0.675. The van der Waals surface area contributed by atoms with Crippen LogP contribution >= 0.6 is 0 Å². The molecule has 0 aromatic rings. The molecule has 2 aliphatic rings. The summed E-state index contributed by atoms with van der Waals surface area (Å²) < 4.78 is 10.9. The van der Waals surface area contributed by atoms with Gasteiger partial charge in [-0.2, -0.15) is 0 Å². The molecule has 2 aliphatic heterocycles. The summed E-state index contributed by atoms with van der Waals surface area (Å²) in [6.45, 7) is 4.23. The molecule has 0 spiro atoms. The van der Waals surface area contributed by atoms with Crippen molar-refractivity contribution in [3.8, 4) is 0 Å². The van der Waals surface area contributed by atoms with Crippen molar-refractivity contribution in [1.29, 1.82) is 0 Å². The van der Waals surface area contributed by atoms with Gasteiger partial charge in [0.15, 0.2) is 0 Å². The van der Waals surface area contributed by atoms with Crippen LogP contribution in [0.1, 0.15) is 19.3 Å². The minimum atomic E-state index is -0.132. The molecule has 2 atom stereocenters. The van der Waals surface area contributed by atoms with E-state index in [0.29, 0.717) is 0 Å². The zero-order valence-electron chi connectivity index (χ0n) is 9.15. The van der Waals surface area contributed by atoms with E-state index in [-0.39, 0.29) is 12.5 Å². The third-order valence-electron chi connectivity index (χ3n) is 2.90. The lowest BCUT2D eigenvalue weighted by molar-refractivity contribution is -0.0480. The standard InChI is InChI=1S/C10H21N3O2/c11-9-7-13(4-6-14-9)8-12-10-3-1-2-5-15-10/h9-10,12H,1-8,11H2. The van der Waals surface area contributed by atoms with Crippen molar-refractivity contribution in [2.75, 3.05) is 33.0 Å². The molecule has 0 aliphatic carbocycles. The third-order valence-corrected chi connectivity index (χ3v) is 2.90. The van der Waals surface area contributed by atoms with Crippen molar-refractivity contribution in [1.82, 2.24) is 10.2 Å². The number of nitrogens with one attached hydrogen (secondary N) is 1. The van der Waals surface area contributed by atoms with Gasteiger partial charge in [0.05, 0.1) is 13.3 Å². The van der Waals surface area contributed by atoms with Crippen LogP contribution in [0.4, 0.5) is 0 Å². The summed E-state index contributed by atoms with van der Waals surface area (Å²) in [6.07, 6.45) is 3.68. The monoisotopic (exact) mass is 215 g/mol. The molecular weight excluding hydrogens is 194 g/mol. The molecule has 2 rings (SSSR count). The van der Waals surface area contributed by atoms with Gasteiger partial charge in [0.2, 0.25) is 0 Å². The Labute approximate surface area is 90.9 Å². The molecule has 3 N–H and O–H groups in total. The van der Waals surface area contributed by atoms with Crippen molar-refractivity contribution >= 4 is 0 Å². The summed E-state index contributed by atoms with van der Waals surface area (Å²) in [5.41, 5.74) is 5.71. The molecule has 5 nitrogen and oxygen atoms in total. The fraction of sp³-hybridized carbons (Fsp3) is 1.00. The highest BCUT2D eigenvalue weighted by Crippen LogP contribution is 2.10. The van der Waals surface area contributed by atoms with Crippen molar-refractivity contribution < 1.29 is 9.47 Å². The van der Waals surface area contributed by atoms with Gasteiger partial charge in [-0.3, -0.25) is 10.2 Å². The molecule has 0 radical (unpaired) electrons. The van der Waals surface area contributed by atoms with Gasteiger partial charge in [-0.1, -0.05) is 0 Å². The van der Waals surface area contributed by atoms with Crippen LogP contribution in [0.25, 0.3) is 0 Å². The van der Waals surface area contributed by atoms with Crippen LogP contribution in [0.3, 0.4) is 0 Å². The maximum Gasteiger partial charge on any atom is 0.118 e. The molecule has 88 valence electrons. The summed E-state index contributed by atoms with van der Waals surface area (Å²) >= 11 is 0. The molecule has 2 fully saturated rings. The van der Waals surface area contributed by atoms with Crippen LogP contribution < -0.4 is 11.1 Å². The number of hydrogen-bond acceptors (Lipinski definition) is 5. The second-order valence-corrected chi connectivity index (χ2v) is 4.20. The van der Waals surface area contributed by atoms with Gasteiger partial charge >= 0.3 is 0 Å². The van der Waals surface area contributed by atoms with Gasteiger partial charge in [-0.25, -0.2) is 0 Å². The van der Waals surface area contributed by atoms with Gasteiger partial charge in [0.1, 0.15) is 12.5 Å². The Hall–Kier alpha value is -0.200. The Morgan fingerprint density at radius 1 is 1.27 bits per heavy atom. The summed E-state index contributed by atoms with van der Waals surface area (Å²) in [4.78, 5) is 2.27. The number of rotatable bonds is 3. The SMILES string of the molecule is NC1CN(CNC2CCCCO2)CCO1. The lowest BCUT2D eigenvalue weighted by Crippen LogP contribution is -2.51. The first-order valence-corrected chi connectivity index (χ1v) is 5.79. The minimum absolute atomic E-state index is 0.132. The van der Waals surface area contributed by atoms with E-state index in [1.54, 1.807) is 0 Å². The molecule has 2 heterocycles. The number of nitrogens with two attached hydrogens (primary N) is 1. The predicted octanol–water partition coefficient (Wildman–Crippen LogP) is -0.323. The average molecular weight is 215 g/mol. The first-order chi connectivity index (χ1) is 7.34. The van der Waals surface area contributed by atoms with Gasteiger partial charge in [0.25, 0.3) is 0 Å². The zero-order chi connectivity index (χ0) is 10.5. The van der Waals surface area contributed by atoms with Crippen LogP contribution in [-0.4, -0.2) is 50.3 Å². The Balaban J connectivity index is 1.63. The second kappa shape index (κ2) is 5.77. The van der Waals surface area contributed by atoms with E-state index in [9.17, 15) is 0 Å². The molecule has 2 saturated heterocycles. The summed E-state index contributed by atoms with van der Waals surface area (Å²) in [5.74, 6) is 0. The molecule has 0 aromatic carbocycles. The molecule has 0 bridgehead atoms. The summed E-state index contributed by atoms with van der Waals surface area (Å²) in [7, 11) is 0. The van der Waals surface area contributed by atoms with E-state index in [1.165, 1.54) is 12.8 Å². The van der Waals surface area contributed by atoms with Gasteiger partial charge in [-0.15, -0.1) is 0 Å². The van der Waals surface area contributed by atoms with E-state index in [2.05, 4.69) is 10.2 Å². The average Bonchev–Trinajstić information content (AvgIpc) is 2.28. The number of nitrogens with zero attached hydrogens (tertiary/aromatic N) is 1. The highest BCUT2D eigenvalue weighted by Gasteiger charge is 2.18. The summed E-state index contributed by atoms with van der Waals surface area (Å²) in [6, 6.07) is 0. The second-order valence-electron chi connectivity index (χ2n) is 4.20. The highest BCUT2D eigenvalue weighted by atomic mass is 16.5. The van der Waals surface area contributed by atoms with E-state index in [4.69, 9.17) is 15.2 Å².